The van der Waals surface area contributed by atoms with Crippen LogP contribution in [0.5, 0.6) is 0 Å². The van der Waals surface area contributed by atoms with Crippen LogP contribution in [-0.2, 0) is 11.2 Å². The molecule has 1 aromatic heterocycles. The number of furan rings is 1. The third-order valence-electron chi connectivity index (χ3n) is 5.09. The first kappa shape index (κ1) is 19.6. The quantitative estimate of drug-likeness (QED) is 0.531. The normalized spacial score (nSPS) is 24.7. The second-order valence-electron chi connectivity index (χ2n) is 6.95. The largest absolute Gasteiger partial charge is 0.469 e. The van der Waals surface area contributed by atoms with Crippen molar-refractivity contribution in [2.24, 2.45) is 4.99 Å². The number of thioether (sulfide) groups is 1. The molecule has 1 saturated heterocycles. The van der Waals surface area contributed by atoms with Gasteiger partial charge in [-0.15, -0.1) is 0 Å². The summed E-state index contributed by atoms with van der Waals surface area (Å²) < 4.78 is 10.8. The third kappa shape index (κ3) is 6.52. The molecule has 2 heterocycles. The van der Waals surface area contributed by atoms with E-state index in [1.165, 1.54) is 19.3 Å². The first-order valence-electron chi connectivity index (χ1n) is 9.73. The molecule has 0 spiro atoms. The van der Waals surface area contributed by atoms with Crippen molar-refractivity contribution in [2.75, 3.05) is 52.2 Å². The molecule has 2 fully saturated rings. The van der Waals surface area contributed by atoms with Crippen molar-refractivity contribution >= 4 is 17.7 Å². The van der Waals surface area contributed by atoms with Crippen molar-refractivity contribution in [3.8, 4) is 0 Å². The van der Waals surface area contributed by atoms with E-state index in [9.17, 15) is 0 Å². The maximum absolute atomic E-state index is 5.42. The Hall–Kier alpha value is -1.18. The second-order valence-corrected chi connectivity index (χ2v) is 8.09. The van der Waals surface area contributed by atoms with Gasteiger partial charge in [0.15, 0.2) is 5.96 Å². The van der Waals surface area contributed by atoms with Crippen molar-refractivity contribution in [3.05, 3.63) is 24.2 Å². The lowest BCUT2D eigenvalue weighted by atomic mass is 10.2. The minimum absolute atomic E-state index is 0.533. The lowest BCUT2D eigenvalue weighted by Crippen LogP contribution is -2.44. The lowest BCUT2D eigenvalue weighted by Gasteiger charge is -2.26. The van der Waals surface area contributed by atoms with Gasteiger partial charge in [0.05, 0.1) is 26.0 Å². The molecule has 0 radical (unpaired) electrons. The Morgan fingerprint density at radius 1 is 1.35 bits per heavy atom. The van der Waals surface area contributed by atoms with Crippen LogP contribution in [0.3, 0.4) is 0 Å². The Balaban J connectivity index is 1.47. The van der Waals surface area contributed by atoms with Gasteiger partial charge in [-0.05, 0) is 37.7 Å². The van der Waals surface area contributed by atoms with Crippen molar-refractivity contribution in [2.45, 2.75) is 37.0 Å². The fourth-order valence-corrected chi connectivity index (χ4v) is 4.31. The van der Waals surface area contributed by atoms with E-state index in [1.807, 2.05) is 23.9 Å². The molecular formula is C19H32N4O2S. The van der Waals surface area contributed by atoms with E-state index in [2.05, 4.69) is 21.8 Å². The molecule has 1 saturated carbocycles. The molecule has 3 rings (SSSR count). The van der Waals surface area contributed by atoms with E-state index < -0.39 is 0 Å². The van der Waals surface area contributed by atoms with E-state index in [1.54, 1.807) is 6.26 Å². The van der Waals surface area contributed by atoms with Crippen LogP contribution in [0, 0.1) is 0 Å². The van der Waals surface area contributed by atoms with E-state index in [-0.39, 0.29) is 0 Å². The molecule has 7 heteroatoms. The Morgan fingerprint density at radius 3 is 2.96 bits per heavy atom. The smallest absolute Gasteiger partial charge is 0.191 e. The summed E-state index contributed by atoms with van der Waals surface area (Å²) in [7, 11) is 0. The Kier molecular flexibility index (Phi) is 8.17. The number of hydrogen-bond donors (Lipinski definition) is 2. The highest BCUT2D eigenvalue weighted by Gasteiger charge is 2.24. The SMILES string of the molecule is CSC1CCC(NC(=NCCN2CCOCC2)NCCc2ccco2)C1. The number of morpholine rings is 1. The van der Waals surface area contributed by atoms with Gasteiger partial charge in [-0.2, -0.15) is 11.8 Å². The monoisotopic (exact) mass is 380 g/mol. The highest BCUT2D eigenvalue weighted by atomic mass is 32.2. The third-order valence-corrected chi connectivity index (χ3v) is 6.19. The minimum Gasteiger partial charge on any atom is -0.469 e. The second kappa shape index (κ2) is 10.8. The van der Waals surface area contributed by atoms with Crippen molar-refractivity contribution in [1.29, 1.82) is 0 Å². The maximum atomic E-state index is 5.42. The van der Waals surface area contributed by atoms with Crippen molar-refractivity contribution < 1.29 is 9.15 Å². The molecule has 146 valence electrons. The van der Waals surface area contributed by atoms with Gasteiger partial charge >= 0.3 is 0 Å². The molecule has 26 heavy (non-hydrogen) atoms. The van der Waals surface area contributed by atoms with Crippen molar-refractivity contribution in [1.82, 2.24) is 15.5 Å². The van der Waals surface area contributed by atoms with Crippen molar-refractivity contribution in [3.63, 3.8) is 0 Å². The maximum Gasteiger partial charge on any atom is 0.191 e. The number of nitrogens with zero attached hydrogens (tertiary/aromatic N) is 2. The fraction of sp³-hybridized carbons (Fsp3) is 0.737. The average molecular weight is 381 g/mol. The van der Waals surface area contributed by atoms with Gasteiger partial charge in [0, 0.05) is 43.9 Å². The van der Waals surface area contributed by atoms with E-state index in [0.717, 1.165) is 69.3 Å². The first-order chi connectivity index (χ1) is 12.8. The topological polar surface area (TPSA) is 62.0 Å². The Labute approximate surface area is 161 Å². The molecule has 1 aliphatic heterocycles. The van der Waals surface area contributed by atoms with Crippen LogP contribution in [-0.4, -0.2) is 74.3 Å². The standard InChI is InChI=1S/C19H32N4O2S/c1-26-18-5-4-16(15-18)22-19(20-7-6-17-3-2-12-25-17)21-8-9-23-10-13-24-14-11-23/h2-3,12,16,18H,4-11,13-15H2,1H3,(H2,20,21,22). The van der Waals surface area contributed by atoms with E-state index in [0.29, 0.717) is 6.04 Å². The van der Waals surface area contributed by atoms with E-state index >= 15 is 0 Å². The van der Waals surface area contributed by atoms with Gasteiger partial charge in [0.25, 0.3) is 0 Å². The molecule has 1 aliphatic carbocycles. The summed E-state index contributed by atoms with van der Waals surface area (Å²) in [5, 5.41) is 7.92. The highest BCUT2D eigenvalue weighted by molar-refractivity contribution is 7.99. The summed E-state index contributed by atoms with van der Waals surface area (Å²) in [4.78, 5) is 7.25. The van der Waals surface area contributed by atoms with Crippen LogP contribution in [0.2, 0.25) is 0 Å². The molecule has 2 atom stereocenters. The molecule has 6 nitrogen and oxygen atoms in total. The summed E-state index contributed by atoms with van der Waals surface area (Å²) in [6, 6.07) is 4.49. The van der Waals surface area contributed by atoms with Crippen LogP contribution >= 0.6 is 11.8 Å². The van der Waals surface area contributed by atoms with Gasteiger partial charge in [0.2, 0.25) is 0 Å². The molecule has 2 unspecified atom stereocenters. The number of rotatable bonds is 8. The molecule has 0 aromatic carbocycles. The van der Waals surface area contributed by atoms with Gasteiger partial charge in [-0.25, -0.2) is 0 Å². The molecule has 2 N–H and O–H groups in total. The summed E-state index contributed by atoms with van der Waals surface area (Å²) in [5.74, 6) is 1.95. The van der Waals surface area contributed by atoms with Crippen LogP contribution in [0.15, 0.2) is 27.8 Å². The Morgan fingerprint density at radius 2 is 2.23 bits per heavy atom. The zero-order valence-electron chi connectivity index (χ0n) is 15.8. The zero-order valence-corrected chi connectivity index (χ0v) is 16.6. The zero-order chi connectivity index (χ0) is 18.0. The van der Waals surface area contributed by atoms with Gasteiger partial charge in [0.1, 0.15) is 5.76 Å². The first-order valence-corrected chi connectivity index (χ1v) is 11.0. The number of nitrogens with one attached hydrogen (secondary N) is 2. The minimum atomic E-state index is 0.533. The van der Waals surface area contributed by atoms with Crippen LogP contribution in [0.4, 0.5) is 0 Å². The summed E-state index contributed by atoms with van der Waals surface area (Å²) in [6.45, 7) is 6.35. The summed E-state index contributed by atoms with van der Waals surface area (Å²) >= 11 is 1.98. The lowest BCUT2D eigenvalue weighted by molar-refractivity contribution is 0.0394. The fourth-order valence-electron chi connectivity index (χ4n) is 3.52. The Bertz CT molecular complexity index is 532. The highest BCUT2D eigenvalue weighted by Crippen LogP contribution is 2.28. The molecule has 0 bridgehead atoms. The number of hydrogen-bond acceptors (Lipinski definition) is 5. The van der Waals surface area contributed by atoms with Gasteiger partial charge < -0.3 is 19.8 Å². The summed E-state index contributed by atoms with van der Waals surface area (Å²) in [5.41, 5.74) is 0. The number of guanidine groups is 1. The van der Waals surface area contributed by atoms with Crippen LogP contribution < -0.4 is 10.6 Å². The van der Waals surface area contributed by atoms with Crippen LogP contribution in [0.1, 0.15) is 25.0 Å². The van der Waals surface area contributed by atoms with Crippen LogP contribution in [0.25, 0.3) is 0 Å². The average Bonchev–Trinajstić information content (AvgIpc) is 3.34. The molecular weight excluding hydrogens is 348 g/mol. The molecule has 1 aromatic rings. The number of ether oxygens (including phenoxy) is 1. The van der Waals surface area contributed by atoms with Gasteiger partial charge in [-0.1, -0.05) is 0 Å². The molecule has 0 amide bonds. The predicted molar refractivity (Wildman–Crippen MR) is 108 cm³/mol. The number of aliphatic imine (C=N–C) groups is 1. The van der Waals surface area contributed by atoms with Gasteiger partial charge in [-0.3, -0.25) is 9.89 Å². The predicted octanol–water partition coefficient (Wildman–Crippen LogP) is 1.97. The van der Waals surface area contributed by atoms with E-state index in [4.69, 9.17) is 14.1 Å². The molecule has 2 aliphatic rings. The summed E-state index contributed by atoms with van der Waals surface area (Å²) in [6.07, 6.45) is 8.57.